The van der Waals surface area contributed by atoms with E-state index in [0.717, 1.165) is 35.6 Å². The van der Waals surface area contributed by atoms with Crippen molar-refractivity contribution in [3.8, 4) is 5.75 Å². The van der Waals surface area contributed by atoms with E-state index in [0.29, 0.717) is 19.1 Å². The van der Waals surface area contributed by atoms with E-state index in [1.54, 1.807) is 7.05 Å². The number of guanidine groups is 1. The lowest BCUT2D eigenvalue weighted by atomic mass is 10.1. The predicted molar refractivity (Wildman–Crippen MR) is 114 cm³/mol. The van der Waals surface area contributed by atoms with Crippen LogP contribution in [-0.4, -0.2) is 44.8 Å². The maximum atomic E-state index is 12.1. The van der Waals surface area contributed by atoms with Crippen LogP contribution in [0.15, 0.2) is 53.5 Å². The number of rotatable bonds is 7. The molecule has 1 unspecified atom stereocenters. The summed E-state index contributed by atoms with van der Waals surface area (Å²) in [5.74, 6) is 1.26. The van der Waals surface area contributed by atoms with Crippen LogP contribution in [0, 0.1) is 6.92 Å². The normalized spacial score (nSPS) is 16.3. The minimum Gasteiger partial charge on any atom is -0.488 e. The Balaban J connectivity index is 1.51. The largest absolute Gasteiger partial charge is 0.488 e. The Morgan fingerprint density at radius 2 is 2.03 bits per heavy atom. The summed E-state index contributed by atoms with van der Waals surface area (Å²) in [4.78, 5) is 16.3. The number of para-hydroxylation sites is 1. The SMILES string of the molecule is CN=C(NCC(=O)Nc1ccccc1)NCc1ccc(C)cc1OC1CCOC1. The Morgan fingerprint density at radius 1 is 1.21 bits per heavy atom. The molecule has 1 heterocycles. The Hall–Kier alpha value is -3.06. The van der Waals surface area contributed by atoms with Crippen LogP contribution < -0.4 is 20.7 Å². The molecule has 7 heteroatoms. The highest BCUT2D eigenvalue weighted by molar-refractivity contribution is 5.94. The summed E-state index contributed by atoms with van der Waals surface area (Å²) < 4.78 is 11.5. The van der Waals surface area contributed by atoms with Crippen LogP contribution >= 0.6 is 0 Å². The van der Waals surface area contributed by atoms with E-state index in [4.69, 9.17) is 9.47 Å². The maximum absolute atomic E-state index is 12.1. The summed E-state index contributed by atoms with van der Waals surface area (Å²) in [5.41, 5.74) is 2.93. The average molecular weight is 396 g/mol. The number of nitrogens with one attached hydrogen (secondary N) is 3. The molecule has 2 aromatic carbocycles. The molecule has 154 valence electrons. The first kappa shape index (κ1) is 20.7. The molecular weight excluding hydrogens is 368 g/mol. The van der Waals surface area contributed by atoms with Gasteiger partial charge in [0.25, 0.3) is 0 Å². The number of hydrogen-bond donors (Lipinski definition) is 3. The Labute approximate surface area is 171 Å². The number of carbonyl (C=O) groups is 1. The molecule has 1 fully saturated rings. The van der Waals surface area contributed by atoms with Crippen molar-refractivity contribution >= 4 is 17.6 Å². The summed E-state index contributed by atoms with van der Waals surface area (Å²) in [7, 11) is 1.67. The fourth-order valence-electron chi connectivity index (χ4n) is 2.99. The van der Waals surface area contributed by atoms with E-state index < -0.39 is 0 Å². The van der Waals surface area contributed by atoms with Gasteiger partial charge >= 0.3 is 0 Å². The molecule has 0 radical (unpaired) electrons. The zero-order valence-corrected chi connectivity index (χ0v) is 16.9. The van der Waals surface area contributed by atoms with Crippen molar-refractivity contribution in [1.82, 2.24) is 10.6 Å². The molecule has 0 aliphatic carbocycles. The quantitative estimate of drug-likeness (QED) is 0.495. The number of anilines is 1. The van der Waals surface area contributed by atoms with Crippen LogP contribution in [0.5, 0.6) is 5.75 Å². The monoisotopic (exact) mass is 396 g/mol. The van der Waals surface area contributed by atoms with Gasteiger partial charge in [-0.1, -0.05) is 30.3 Å². The molecule has 3 rings (SSSR count). The van der Waals surface area contributed by atoms with Gasteiger partial charge in [0.2, 0.25) is 5.91 Å². The highest BCUT2D eigenvalue weighted by atomic mass is 16.5. The van der Waals surface area contributed by atoms with Gasteiger partial charge in [0.15, 0.2) is 5.96 Å². The van der Waals surface area contributed by atoms with E-state index in [1.165, 1.54) is 0 Å². The number of benzene rings is 2. The van der Waals surface area contributed by atoms with Gasteiger partial charge in [-0.3, -0.25) is 9.79 Å². The number of carbonyl (C=O) groups excluding carboxylic acids is 1. The minimum absolute atomic E-state index is 0.0923. The Kier molecular flexibility index (Phi) is 7.47. The number of aryl methyl sites for hydroxylation is 1. The van der Waals surface area contributed by atoms with Crippen molar-refractivity contribution in [3.63, 3.8) is 0 Å². The molecule has 1 amide bonds. The smallest absolute Gasteiger partial charge is 0.243 e. The van der Waals surface area contributed by atoms with Gasteiger partial charge in [-0.05, 0) is 30.7 Å². The number of aliphatic imine (C=N–C) groups is 1. The van der Waals surface area contributed by atoms with Crippen molar-refractivity contribution in [2.24, 2.45) is 4.99 Å². The molecule has 2 aromatic rings. The molecule has 1 aliphatic heterocycles. The van der Waals surface area contributed by atoms with Crippen molar-refractivity contribution in [2.75, 3.05) is 32.1 Å². The van der Waals surface area contributed by atoms with Gasteiger partial charge in [0.1, 0.15) is 11.9 Å². The van der Waals surface area contributed by atoms with Crippen LogP contribution in [-0.2, 0) is 16.1 Å². The van der Waals surface area contributed by atoms with E-state index >= 15 is 0 Å². The van der Waals surface area contributed by atoms with Crippen molar-refractivity contribution in [3.05, 3.63) is 59.7 Å². The number of hydrogen-bond acceptors (Lipinski definition) is 4. The van der Waals surface area contributed by atoms with E-state index in [2.05, 4.69) is 27.0 Å². The van der Waals surface area contributed by atoms with Crippen LogP contribution in [0.2, 0.25) is 0 Å². The van der Waals surface area contributed by atoms with Crippen LogP contribution in [0.1, 0.15) is 17.5 Å². The molecule has 1 atom stereocenters. The number of ether oxygens (including phenoxy) is 2. The van der Waals surface area contributed by atoms with Crippen LogP contribution in [0.4, 0.5) is 5.69 Å². The second-order valence-corrected chi connectivity index (χ2v) is 6.91. The van der Waals surface area contributed by atoms with E-state index in [1.807, 2.05) is 49.4 Å². The zero-order valence-electron chi connectivity index (χ0n) is 16.9. The van der Waals surface area contributed by atoms with Gasteiger partial charge < -0.3 is 25.4 Å². The van der Waals surface area contributed by atoms with Gasteiger partial charge in [-0.25, -0.2) is 0 Å². The lowest BCUT2D eigenvalue weighted by Gasteiger charge is -2.18. The van der Waals surface area contributed by atoms with E-state index in [9.17, 15) is 4.79 Å². The molecule has 1 saturated heterocycles. The molecule has 0 saturated carbocycles. The first-order valence-corrected chi connectivity index (χ1v) is 9.77. The number of nitrogens with zero attached hydrogens (tertiary/aromatic N) is 1. The third kappa shape index (κ3) is 6.50. The van der Waals surface area contributed by atoms with E-state index in [-0.39, 0.29) is 18.6 Å². The van der Waals surface area contributed by atoms with Gasteiger partial charge in [0.05, 0.1) is 19.8 Å². The summed E-state index contributed by atoms with van der Waals surface area (Å²) in [6, 6.07) is 15.5. The van der Waals surface area contributed by atoms with Crippen molar-refractivity contribution in [2.45, 2.75) is 26.0 Å². The predicted octanol–water partition coefficient (Wildman–Crippen LogP) is 2.47. The third-order valence-electron chi connectivity index (χ3n) is 4.55. The topological polar surface area (TPSA) is 84.0 Å². The van der Waals surface area contributed by atoms with Crippen LogP contribution in [0.25, 0.3) is 0 Å². The molecule has 0 bridgehead atoms. The first-order chi connectivity index (χ1) is 14.1. The van der Waals surface area contributed by atoms with Crippen LogP contribution in [0.3, 0.4) is 0 Å². The number of amides is 1. The van der Waals surface area contributed by atoms with Crippen molar-refractivity contribution < 1.29 is 14.3 Å². The third-order valence-corrected chi connectivity index (χ3v) is 4.55. The summed E-state index contributed by atoms with van der Waals surface area (Å²) in [6.45, 7) is 4.06. The average Bonchev–Trinajstić information content (AvgIpc) is 3.23. The molecule has 3 N–H and O–H groups in total. The fourth-order valence-corrected chi connectivity index (χ4v) is 2.99. The van der Waals surface area contributed by atoms with Gasteiger partial charge in [0, 0.05) is 31.3 Å². The summed E-state index contributed by atoms with van der Waals surface area (Å²) >= 11 is 0. The molecule has 29 heavy (non-hydrogen) atoms. The summed E-state index contributed by atoms with van der Waals surface area (Å²) in [6.07, 6.45) is 0.996. The zero-order chi connectivity index (χ0) is 20.5. The standard InChI is InChI=1S/C22H28N4O3/c1-16-8-9-17(20(12-16)29-19-10-11-28-15-19)13-24-22(23-2)25-14-21(27)26-18-6-4-3-5-7-18/h3-9,12,19H,10-11,13-15H2,1-2H3,(H,26,27)(H2,23,24,25). The van der Waals surface area contributed by atoms with Crippen molar-refractivity contribution in [1.29, 1.82) is 0 Å². The minimum atomic E-state index is -0.139. The second kappa shape index (κ2) is 10.5. The highest BCUT2D eigenvalue weighted by Gasteiger charge is 2.18. The molecule has 7 nitrogen and oxygen atoms in total. The molecular formula is C22H28N4O3. The Bertz CT molecular complexity index is 833. The molecule has 1 aliphatic rings. The Morgan fingerprint density at radius 3 is 2.76 bits per heavy atom. The first-order valence-electron chi connectivity index (χ1n) is 9.77. The highest BCUT2D eigenvalue weighted by Crippen LogP contribution is 2.23. The molecule has 0 spiro atoms. The lowest BCUT2D eigenvalue weighted by molar-refractivity contribution is -0.115. The lowest BCUT2D eigenvalue weighted by Crippen LogP contribution is -2.41. The van der Waals surface area contributed by atoms with Gasteiger partial charge in [-0.15, -0.1) is 0 Å². The second-order valence-electron chi connectivity index (χ2n) is 6.91. The summed E-state index contributed by atoms with van der Waals surface area (Å²) in [5, 5.41) is 9.10. The molecule has 0 aromatic heterocycles. The maximum Gasteiger partial charge on any atom is 0.243 e. The van der Waals surface area contributed by atoms with Gasteiger partial charge in [-0.2, -0.15) is 0 Å². The fraction of sp³-hybridized carbons (Fsp3) is 0.364.